The summed E-state index contributed by atoms with van der Waals surface area (Å²) in [6.45, 7) is 18.2. The van der Waals surface area contributed by atoms with Gasteiger partial charge in [-0.25, -0.2) is 0 Å². The van der Waals surface area contributed by atoms with Crippen molar-refractivity contribution in [3.8, 4) is 28.7 Å². The molecule has 13 heteroatoms. The van der Waals surface area contributed by atoms with Gasteiger partial charge < -0.3 is 18.6 Å². The summed E-state index contributed by atoms with van der Waals surface area (Å²) < 4.78 is 24.1. The zero-order valence-corrected chi connectivity index (χ0v) is 44.7. The van der Waals surface area contributed by atoms with Crippen molar-refractivity contribution in [2.45, 2.75) is 93.0 Å². The minimum atomic E-state index is -1.64. The van der Waals surface area contributed by atoms with Crippen molar-refractivity contribution in [3.63, 3.8) is 0 Å². The topological polar surface area (TPSA) is 105 Å². The molecule has 0 fully saturated rings. The Morgan fingerprint density at radius 3 is 1.50 bits per heavy atom. The minimum absolute atomic E-state index is 0.0134. The molecule has 5 aromatic rings. The normalized spacial score (nSPS) is 18.8. The van der Waals surface area contributed by atoms with Crippen molar-refractivity contribution in [2.75, 3.05) is 7.11 Å². The summed E-state index contributed by atoms with van der Waals surface area (Å²) in [5.74, 6) is 4.56. The van der Waals surface area contributed by atoms with Crippen LogP contribution in [0.15, 0.2) is 87.8 Å². The third-order valence-corrected chi connectivity index (χ3v) is 14.7. The smallest absolute Gasteiger partial charge is 0.242 e. The molecule has 4 unspecified atom stereocenters. The lowest BCUT2D eigenvalue weighted by atomic mass is 10.1. The lowest BCUT2D eigenvalue weighted by Gasteiger charge is -2.21. The van der Waals surface area contributed by atoms with E-state index in [4.69, 9.17) is 41.8 Å². The number of fused-ring (bicyclic) bond motifs is 4. The predicted octanol–water partition coefficient (Wildman–Crippen LogP) is 14.9. The van der Waals surface area contributed by atoms with E-state index in [1.807, 2.05) is 114 Å². The highest BCUT2D eigenvalue weighted by atomic mass is 79.9. The summed E-state index contributed by atoms with van der Waals surface area (Å²) in [5, 5.41) is 0.942. The summed E-state index contributed by atoms with van der Waals surface area (Å²) in [4.78, 5) is 47.7. The van der Waals surface area contributed by atoms with Gasteiger partial charge in [-0.1, -0.05) is 87.3 Å². The van der Waals surface area contributed by atoms with Crippen molar-refractivity contribution >= 4 is 86.5 Å². The van der Waals surface area contributed by atoms with Crippen LogP contribution in [0.5, 0.6) is 28.7 Å². The second kappa shape index (κ2) is 21.4. The average Bonchev–Trinajstić information content (AvgIpc) is 3.93. The SMILES string of the molecule is CC(C)Oc1ccc2c(c1Br)C(=O)C(C)C2.CC1Cc2cc(Oc3ccccc3)cc(Cl)c2C1=O.CC1Cc2ccc(O[Si](C)(C)C)c(Br)c2C1=O.COc1ccc2c(c1Cl)C(=O)C(C)C2. The number of carbonyl (C=O) groups excluding carboxylic acids is 4. The molecule has 0 saturated carbocycles. The van der Waals surface area contributed by atoms with E-state index in [9.17, 15) is 19.2 Å². The van der Waals surface area contributed by atoms with Gasteiger partial charge in [0.05, 0.1) is 32.2 Å². The fraction of sp³-hybridized carbons (Fsp3) is 0.358. The number of methoxy groups -OCH3 is 1. The molecule has 4 aliphatic carbocycles. The van der Waals surface area contributed by atoms with Crippen LogP contribution in [0.2, 0.25) is 29.7 Å². The maximum absolute atomic E-state index is 12.1. The van der Waals surface area contributed by atoms with Crippen LogP contribution in [0.1, 0.15) is 105 Å². The number of ether oxygens (including phenoxy) is 3. The molecule has 0 saturated heterocycles. The van der Waals surface area contributed by atoms with Gasteiger partial charge in [0.15, 0.2) is 23.1 Å². The van der Waals surface area contributed by atoms with E-state index >= 15 is 0 Å². The van der Waals surface area contributed by atoms with E-state index in [-0.39, 0.29) is 52.9 Å². The van der Waals surface area contributed by atoms with Crippen LogP contribution in [-0.2, 0) is 25.7 Å². The van der Waals surface area contributed by atoms with Gasteiger partial charge in [0.25, 0.3) is 0 Å². The molecule has 0 amide bonds. The molecule has 0 aromatic heterocycles. The lowest BCUT2D eigenvalue weighted by Crippen LogP contribution is -2.29. The number of carbonyl (C=O) groups is 4. The maximum Gasteiger partial charge on any atom is 0.242 e. The number of hydrogen-bond donors (Lipinski definition) is 0. The van der Waals surface area contributed by atoms with Gasteiger partial charge >= 0.3 is 0 Å². The molecule has 8 nitrogen and oxygen atoms in total. The number of Topliss-reactive ketones (excluding diaryl/α,β-unsaturated/α-hetero) is 4. The van der Waals surface area contributed by atoms with Crippen molar-refractivity contribution in [2.24, 2.45) is 23.7 Å². The number of ketones is 4. The van der Waals surface area contributed by atoms with Crippen LogP contribution in [0, 0.1) is 23.7 Å². The van der Waals surface area contributed by atoms with Crippen LogP contribution in [0.4, 0.5) is 0 Å². The second-order valence-corrected chi connectivity index (χ2v) is 25.4. The first-order valence-electron chi connectivity index (χ1n) is 22.2. The Labute approximate surface area is 416 Å². The van der Waals surface area contributed by atoms with Crippen molar-refractivity contribution in [1.82, 2.24) is 0 Å². The Balaban J connectivity index is 0.000000146. The van der Waals surface area contributed by atoms with Crippen molar-refractivity contribution in [3.05, 3.63) is 142 Å². The molecule has 9 rings (SSSR count). The van der Waals surface area contributed by atoms with Crippen LogP contribution < -0.4 is 18.6 Å². The Bertz CT molecular complexity index is 2680. The van der Waals surface area contributed by atoms with Crippen LogP contribution in [-0.4, -0.2) is 44.7 Å². The molecule has 0 N–H and O–H groups in total. The van der Waals surface area contributed by atoms with Gasteiger partial charge in [-0.3, -0.25) is 19.2 Å². The molecule has 0 heterocycles. The largest absolute Gasteiger partial charge is 0.544 e. The Morgan fingerprint density at radius 2 is 1.00 bits per heavy atom. The molecule has 348 valence electrons. The second-order valence-electron chi connectivity index (χ2n) is 18.6. The summed E-state index contributed by atoms with van der Waals surface area (Å²) in [5.41, 5.74) is 7.23. The Kier molecular flexibility index (Phi) is 16.5. The number of para-hydroxylation sites is 1. The van der Waals surface area contributed by atoms with Crippen LogP contribution in [0.25, 0.3) is 0 Å². The highest BCUT2D eigenvalue weighted by Crippen LogP contribution is 2.41. The van der Waals surface area contributed by atoms with Gasteiger partial charge in [0, 0.05) is 52.0 Å². The first-order valence-corrected chi connectivity index (χ1v) is 27.9. The van der Waals surface area contributed by atoms with E-state index in [2.05, 4.69) is 51.5 Å². The summed E-state index contributed by atoms with van der Waals surface area (Å²) in [6, 6.07) is 24.8. The summed E-state index contributed by atoms with van der Waals surface area (Å²) in [7, 11) is -0.0904. The molecule has 0 radical (unpaired) electrons. The van der Waals surface area contributed by atoms with Gasteiger partial charge in [-0.2, -0.15) is 0 Å². The molecule has 0 aliphatic heterocycles. The van der Waals surface area contributed by atoms with Crippen LogP contribution in [0.3, 0.4) is 0 Å². The number of rotatable bonds is 7. The molecule has 0 bridgehead atoms. The van der Waals surface area contributed by atoms with Crippen molar-refractivity contribution < 1.29 is 37.8 Å². The monoisotopic (exact) mass is 1080 g/mol. The quantitative estimate of drug-likeness (QED) is 0.148. The standard InChI is InChI=1S/C16H13ClO2.C13H17BrO2Si.C13H15BrO2.C11H11ClO2/c1-10-7-11-8-13(9-14(17)15(11)16(10)18)19-12-5-3-2-4-6-12;1-8-7-9-5-6-10(16-17(2,3)4)12(14)11(9)13(8)15;1-7(2)16-10-5-4-9-6-8(3)13(15)11(9)12(10)14;1-6-5-7-3-4-8(14-2)10(12)9(7)11(6)13/h2-6,8-10H,7H2,1H3;5-6,8H,7H2,1-4H3;4-5,7-8H,6H2,1-3H3;3-4,6H,5H2,1-2H3. The minimum Gasteiger partial charge on any atom is -0.544 e. The van der Waals surface area contributed by atoms with Gasteiger partial charge in [-0.05, 0) is 150 Å². The molecular formula is C53H56Br2Cl2O8Si. The van der Waals surface area contributed by atoms with E-state index < -0.39 is 8.32 Å². The molecular weight excluding hydrogens is 1020 g/mol. The number of benzene rings is 5. The Morgan fingerprint density at radius 1 is 0.561 bits per heavy atom. The molecule has 0 spiro atoms. The van der Waals surface area contributed by atoms with Gasteiger partial charge in [0.2, 0.25) is 8.32 Å². The average molecular weight is 1080 g/mol. The zero-order valence-electron chi connectivity index (χ0n) is 39.0. The third-order valence-electron chi connectivity index (χ3n) is 11.6. The first-order chi connectivity index (χ1) is 31.1. The fourth-order valence-corrected chi connectivity index (χ4v) is 11.4. The third kappa shape index (κ3) is 11.5. The molecule has 5 aromatic carbocycles. The first kappa shape index (κ1) is 51.1. The Hall–Kier alpha value is -4.26. The zero-order chi connectivity index (χ0) is 48.4. The number of halogens is 4. The molecule has 66 heavy (non-hydrogen) atoms. The van der Waals surface area contributed by atoms with Crippen LogP contribution >= 0.6 is 55.1 Å². The van der Waals surface area contributed by atoms with E-state index in [1.165, 1.54) is 0 Å². The lowest BCUT2D eigenvalue weighted by molar-refractivity contribution is 0.0938. The number of hydrogen-bond acceptors (Lipinski definition) is 8. The highest BCUT2D eigenvalue weighted by Gasteiger charge is 2.34. The highest BCUT2D eigenvalue weighted by molar-refractivity contribution is 9.11. The van der Waals surface area contributed by atoms with Gasteiger partial charge in [0.1, 0.15) is 28.7 Å². The maximum atomic E-state index is 12.1. The predicted molar refractivity (Wildman–Crippen MR) is 273 cm³/mol. The van der Waals surface area contributed by atoms with E-state index in [0.29, 0.717) is 32.7 Å². The molecule has 4 atom stereocenters. The van der Waals surface area contributed by atoms with Crippen molar-refractivity contribution in [1.29, 1.82) is 0 Å². The van der Waals surface area contributed by atoms with E-state index in [1.54, 1.807) is 13.2 Å². The summed E-state index contributed by atoms with van der Waals surface area (Å²) >= 11 is 19.3. The summed E-state index contributed by atoms with van der Waals surface area (Å²) in [6.07, 6.45) is 3.33. The fourth-order valence-electron chi connectivity index (χ4n) is 8.44. The van der Waals surface area contributed by atoms with Gasteiger partial charge in [-0.15, -0.1) is 0 Å². The molecule has 4 aliphatic rings. The van der Waals surface area contributed by atoms with E-state index in [0.717, 1.165) is 85.3 Å².